The quantitative estimate of drug-likeness (QED) is 0.649. The Morgan fingerprint density at radius 3 is 2.62 bits per heavy atom. The van der Waals surface area contributed by atoms with E-state index in [9.17, 15) is 4.79 Å². The van der Waals surface area contributed by atoms with Gasteiger partial charge in [0.25, 0.3) is 0 Å². The van der Waals surface area contributed by atoms with Crippen molar-refractivity contribution in [1.29, 1.82) is 0 Å². The number of amides is 1. The number of hydrogen-bond acceptors (Lipinski definition) is 5. The van der Waals surface area contributed by atoms with E-state index in [4.69, 9.17) is 4.74 Å². The fraction of sp³-hybridized carbons (Fsp3) is 0.211. The van der Waals surface area contributed by atoms with Gasteiger partial charge in [0.1, 0.15) is 12.1 Å². The van der Waals surface area contributed by atoms with Gasteiger partial charge >= 0.3 is 0 Å². The van der Waals surface area contributed by atoms with E-state index in [2.05, 4.69) is 15.5 Å². The maximum absolute atomic E-state index is 12.4. The minimum absolute atomic E-state index is 0.0478. The Labute approximate surface area is 156 Å². The van der Waals surface area contributed by atoms with Gasteiger partial charge in [-0.2, -0.15) is 0 Å². The number of para-hydroxylation sites is 1. The van der Waals surface area contributed by atoms with Crippen molar-refractivity contribution >= 4 is 17.7 Å². The van der Waals surface area contributed by atoms with E-state index in [0.717, 1.165) is 17.0 Å². The largest absolute Gasteiger partial charge is 0.497 e. The molecule has 26 heavy (non-hydrogen) atoms. The van der Waals surface area contributed by atoms with Crippen LogP contribution in [0.4, 0.5) is 0 Å². The smallest absolute Gasteiger partial charge is 0.233 e. The molecule has 1 N–H and O–H groups in total. The van der Waals surface area contributed by atoms with Crippen LogP contribution < -0.4 is 10.1 Å². The highest BCUT2D eigenvalue weighted by Crippen LogP contribution is 2.23. The predicted molar refractivity (Wildman–Crippen MR) is 102 cm³/mol. The molecule has 7 heteroatoms. The number of ether oxygens (including phenoxy) is 1. The molecule has 2 aromatic carbocycles. The molecule has 3 rings (SSSR count). The Balaban J connectivity index is 1.59. The Morgan fingerprint density at radius 1 is 1.19 bits per heavy atom. The van der Waals surface area contributed by atoms with E-state index in [1.165, 1.54) is 11.8 Å². The summed E-state index contributed by atoms with van der Waals surface area (Å²) in [6, 6.07) is 17.4. The van der Waals surface area contributed by atoms with E-state index in [1.807, 2.05) is 66.1 Å². The van der Waals surface area contributed by atoms with Crippen molar-refractivity contribution in [1.82, 2.24) is 20.1 Å². The van der Waals surface area contributed by atoms with E-state index >= 15 is 0 Å². The molecular weight excluding hydrogens is 348 g/mol. The molecule has 0 bridgehead atoms. The molecule has 1 heterocycles. The molecule has 0 fully saturated rings. The van der Waals surface area contributed by atoms with E-state index in [-0.39, 0.29) is 11.2 Å². The van der Waals surface area contributed by atoms with Crippen LogP contribution in [0.3, 0.4) is 0 Å². The fourth-order valence-electron chi connectivity index (χ4n) is 2.36. The molecule has 1 aromatic heterocycles. The third kappa shape index (κ3) is 4.43. The van der Waals surface area contributed by atoms with Crippen LogP contribution in [0.2, 0.25) is 0 Å². The molecule has 0 aliphatic carbocycles. The zero-order chi connectivity index (χ0) is 18.4. The lowest BCUT2D eigenvalue weighted by Crippen LogP contribution is -2.30. The maximum Gasteiger partial charge on any atom is 0.233 e. The summed E-state index contributed by atoms with van der Waals surface area (Å²) in [5.41, 5.74) is 1.98. The molecule has 3 aromatic rings. The van der Waals surface area contributed by atoms with Crippen molar-refractivity contribution in [3.05, 3.63) is 66.5 Å². The predicted octanol–water partition coefficient (Wildman–Crippen LogP) is 3.07. The second-order valence-electron chi connectivity index (χ2n) is 5.65. The molecule has 0 unspecified atom stereocenters. The standard InChI is InChI=1S/C19H20N4O2S/c1-14(18(24)20-12-15-8-10-17(25-2)11-9-15)26-19-22-21-13-23(19)16-6-4-3-5-7-16/h3-11,13-14H,12H2,1-2H3,(H,20,24)/t14-/m1/s1. The highest BCUT2D eigenvalue weighted by atomic mass is 32.2. The number of aromatic nitrogens is 3. The first-order valence-electron chi connectivity index (χ1n) is 8.20. The zero-order valence-corrected chi connectivity index (χ0v) is 15.4. The first-order chi connectivity index (χ1) is 12.7. The summed E-state index contributed by atoms with van der Waals surface area (Å²) < 4.78 is 7.01. The molecule has 0 radical (unpaired) electrons. The lowest BCUT2D eigenvalue weighted by atomic mass is 10.2. The number of rotatable bonds is 7. The number of carbonyl (C=O) groups is 1. The van der Waals surface area contributed by atoms with Gasteiger partial charge in [-0.3, -0.25) is 9.36 Å². The third-order valence-corrected chi connectivity index (χ3v) is 4.88. The van der Waals surface area contributed by atoms with Crippen molar-refractivity contribution in [3.63, 3.8) is 0 Å². The summed E-state index contributed by atoms with van der Waals surface area (Å²) in [5.74, 6) is 0.748. The molecule has 1 atom stereocenters. The van der Waals surface area contributed by atoms with Crippen LogP contribution >= 0.6 is 11.8 Å². The van der Waals surface area contributed by atoms with Gasteiger partial charge in [-0.25, -0.2) is 0 Å². The summed E-state index contributed by atoms with van der Waals surface area (Å²) >= 11 is 1.38. The van der Waals surface area contributed by atoms with Crippen LogP contribution in [-0.2, 0) is 11.3 Å². The summed E-state index contributed by atoms with van der Waals surface area (Å²) in [7, 11) is 1.63. The van der Waals surface area contributed by atoms with Crippen LogP contribution in [0.1, 0.15) is 12.5 Å². The van der Waals surface area contributed by atoms with Crippen LogP contribution in [0.15, 0.2) is 66.1 Å². The molecule has 0 spiro atoms. The average Bonchev–Trinajstić information content (AvgIpc) is 3.15. The maximum atomic E-state index is 12.4. The molecule has 0 saturated carbocycles. The normalized spacial score (nSPS) is 11.8. The van der Waals surface area contributed by atoms with Gasteiger partial charge in [0.05, 0.1) is 12.4 Å². The molecule has 6 nitrogen and oxygen atoms in total. The molecule has 1 amide bonds. The van der Waals surface area contributed by atoms with E-state index in [1.54, 1.807) is 13.4 Å². The minimum Gasteiger partial charge on any atom is -0.497 e. The van der Waals surface area contributed by atoms with Gasteiger partial charge in [-0.15, -0.1) is 10.2 Å². The summed E-state index contributed by atoms with van der Waals surface area (Å²) in [5, 5.41) is 11.4. The number of hydrogen-bond donors (Lipinski definition) is 1. The Morgan fingerprint density at radius 2 is 1.92 bits per heavy atom. The van der Waals surface area contributed by atoms with Gasteiger partial charge in [0.2, 0.25) is 5.91 Å². The Kier molecular flexibility index (Phi) is 5.91. The Hall–Kier alpha value is -2.80. The average molecular weight is 368 g/mol. The van der Waals surface area contributed by atoms with Crippen molar-refractivity contribution in [2.45, 2.75) is 23.9 Å². The molecule has 0 aliphatic rings. The summed E-state index contributed by atoms with van der Waals surface area (Å²) in [4.78, 5) is 12.4. The highest BCUT2D eigenvalue weighted by Gasteiger charge is 2.18. The number of benzene rings is 2. The van der Waals surface area contributed by atoms with Gasteiger partial charge in [0.15, 0.2) is 5.16 Å². The highest BCUT2D eigenvalue weighted by molar-refractivity contribution is 8.00. The van der Waals surface area contributed by atoms with Gasteiger partial charge in [-0.1, -0.05) is 42.1 Å². The lowest BCUT2D eigenvalue weighted by Gasteiger charge is -2.12. The molecule has 0 saturated heterocycles. The number of carbonyl (C=O) groups excluding carboxylic acids is 1. The monoisotopic (exact) mass is 368 g/mol. The number of thioether (sulfide) groups is 1. The van der Waals surface area contributed by atoms with Crippen molar-refractivity contribution in [3.8, 4) is 11.4 Å². The Bertz CT molecular complexity index is 849. The minimum atomic E-state index is -0.292. The van der Waals surface area contributed by atoms with Crippen LogP contribution in [0.5, 0.6) is 5.75 Å². The van der Waals surface area contributed by atoms with Crippen LogP contribution in [0, 0.1) is 0 Å². The zero-order valence-electron chi connectivity index (χ0n) is 14.6. The number of methoxy groups -OCH3 is 1. The summed E-state index contributed by atoms with van der Waals surface area (Å²) in [6.07, 6.45) is 1.65. The van der Waals surface area contributed by atoms with Crippen molar-refractivity contribution in [2.24, 2.45) is 0 Å². The van der Waals surface area contributed by atoms with Gasteiger partial charge < -0.3 is 10.1 Å². The van der Waals surface area contributed by atoms with Crippen LogP contribution in [0.25, 0.3) is 5.69 Å². The topological polar surface area (TPSA) is 69.0 Å². The van der Waals surface area contributed by atoms with E-state index < -0.39 is 0 Å². The lowest BCUT2D eigenvalue weighted by molar-refractivity contribution is -0.120. The summed E-state index contributed by atoms with van der Waals surface area (Å²) in [6.45, 7) is 2.33. The van der Waals surface area contributed by atoms with E-state index in [0.29, 0.717) is 11.7 Å². The van der Waals surface area contributed by atoms with Crippen molar-refractivity contribution < 1.29 is 9.53 Å². The third-order valence-electron chi connectivity index (χ3n) is 3.83. The number of nitrogens with one attached hydrogen (secondary N) is 1. The first kappa shape index (κ1) is 18.0. The molecule has 0 aliphatic heterocycles. The molecular formula is C19H20N4O2S. The first-order valence-corrected chi connectivity index (χ1v) is 9.08. The van der Waals surface area contributed by atoms with Gasteiger partial charge in [-0.05, 0) is 36.8 Å². The van der Waals surface area contributed by atoms with Crippen molar-refractivity contribution in [2.75, 3.05) is 7.11 Å². The molecule has 134 valence electrons. The fourth-order valence-corrected chi connectivity index (χ4v) is 3.23. The second kappa shape index (κ2) is 8.53. The number of nitrogens with zero attached hydrogens (tertiary/aromatic N) is 3. The second-order valence-corrected chi connectivity index (χ2v) is 6.95. The SMILES string of the molecule is COc1ccc(CNC(=O)[C@@H](C)Sc2nncn2-c2ccccc2)cc1. The van der Waals surface area contributed by atoms with Gasteiger partial charge in [0, 0.05) is 12.2 Å². The van der Waals surface area contributed by atoms with Crippen LogP contribution in [-0.4, -0.2) is 33.0 Å².